The zero-order chi connectivity index (χ0) is 11.1. The van der Waals surface area contributed by atoms with E-state index >= 15 is 0 Å². The van der Waals surface area contributed by atoms with Gasteiger partial charge in [0.1, 0.15) is 12.7 Å². The smallest absolute Gasteiger partial charge is 0.329 e. The van der Waals surface area contributed by atoms with E-state index in [1.807, 2.05) is 13.8 Å². The SMILES string of the molecule is CC(C)CNC(=O)C(C)OCC(=O)O. The summed E-state index contributed by atoms with van der Waals surface area (Å²) in [4.78, 5) is 21.4. The Morgan fingerprint density at radius 3 is 2.36 bits per heavy atom. The molecule has 14 heavy (non-hydrogen) atoms. The molecule has 82 valence electrons. The average molecular weight is 203 g/mol. The minimum atomic E-state index is -1.08. The second-order valence-electron chi connectivity index (χ2n) is 3.49. The molecule has 0 aliphatic rings. The minimum absolute atomic E-state index is 0.278. The van der Waals surface area contributed by atoms with Crippen LogP contribution in [0.2, 0.25) is 0 Å². The fraction of sp³-hybridized carbons (Fsp3) is 0.778. The fourth-order valence-corrected chi connectivity index (χ4v) is 0.720. The predicted octanol–water partition coefficient (Wildman–Crippen LogP) is 0.248. The molecule has 1 amide bonds. The van der Waals surface area contributed by atoms with E-state index in [9.17, 15) is 9.59 Å². The third-order valence-corrected chi connectivity index (χ3v) is 1.51. The van der Waals surface area contributed by atoms with Gasteiger partial charge in [-0.05, 0) is 12.8 Å². The topological polar surface area (TPSA) is 75.6 Å². The normalized spacial score (nSPS) is 12.6. The number of amides is 1. The molecule has 0 spiro atoms. The maximum atomic E-state index is 11.2. The van der Waals surface area contributed by atoms with Gasteiger partial charge in [0.15, 0.2) is 0 Å². The molecule has 0 rings (SSSR count). The van der Waals surface area contributed by atoms with Gasteiger partial charge in [-0.1, -0.05) is 13.8 Å². The maximum Gasteiger partial charge on any atom is 0.329 e. The van der Waals surface area contributed by atoms with Gasteiger partial charge in [0.05, 0.1) is 0 Å². The van der Waals surface area contributed by atoms with Crippen molar-refractivity contribution in [2.24, 2.45) is 5.92 Å². The van der Waals surface area contributed by atoms with E-state index in [2.05, 4.69) is 5.32 Å². The second kappa shape index (κ2) is 6.37. The summed E-state index contributed by atoms with van der Waals surface area (Å²) in [7, 11) is 0. The molecule has 0 aliphatic carbocycles. The molecule has 1 unspecified atom stereocenters. The van der Waals surface area contributed by atoms with Crippen LogP contribution in [0, 0.1) is 5.92 Å². The molecule has 0 aromatic rings. The summed E-state index contributed by atoms with van der Waals surface area (Å²) in [6, 6.07) is 0. The van der Waals surface area contributed by atoms with Crippen LogP contribution < -0.4 is 5.32 Å². The van der Waals surface area contributed by atoms with Crippen LogP contribution in [0.25, 0.3) is 0 Å². The number of aliphatic carboxylic acids is 1. The van der Waals surface area contributed by atoms with Gasteiger partial charge < -0.3 is 15.2 Å². The Morgan fingerprint density at radius 2 is 1.93 bits per heavy atom. The molecule has 0 aromatic heterocycles. The quantitative estimate of drug-likeness (QED) is 0.648. The highest BCUT2D eigenvalue weighted by molar-refractivity contribution is 5.80. The van der Waals surface area contributed by atoms with Gasteiger partial charge in [0.2, 0.25) is 5.91 Å². The van der Waals surface area contributed by atoms with Gasteiger partial charge >= 0.3 is 5.97 Å². The zero-order valence-electron chi connectivity index (χ0n) is 8.74. The first-order valence-corrected chi connectivity index (χ1v) is 4.54. The largest absolute Gasteiger partial charge is 0.480 e. The van der Waals surface area contributed by atoms with Crippen LogP contribution in [-0.2, 0) is 14.3 Å². The number of ether oxygens (including phenoxy) is 1. The molecule has 0 aliphatic heterocycles. The summed E-state index contributed by atoms with van der Waals surface area (Å²) in [5, 5.41) is 11.0. The monoisotopic (exact) mass is 203 g/mol. The van der Waals surface area contributed by atoms with Crippen LogP contribution in [-0.4, -0.2) is 36.2 Å². The van der Waals surface area contributed by atoms with Crippen LogP contribution in [0.5, 0.6) is 0 Å². The van der Waals surface area contributed by atoms with E-state index in [-0.39, 0.29) is 5.91 Å². The van der Waals surface area contributed by atoms with Crippen LogP contribution in [0.3, 0.4) is 0 Å². The molecule has 0 aromatic carbocycles. The Morgan fingerprint density at radius 1 is 1.36 bits per heavy atom. The summed E-state index contributed by atoms with van der Waals surface area (Å²) >= 11 is 0. The number of carbonyl (C=O) groups is 2. The Kier molecular flexibility index (Phi) is 5.87. The number of carboxylic acid groups (broad SMARTS) is 1. The molecule has 5 heteroatoms. The Labute approximate surface area is 83.4 Å². The minimum Gasteiger partial charge on any atom is -0.480 e. The van der Waals surface area contributed by atoms with Crippen molar-refractivity contribution < 1.29 is 19.4 Å². The van der Waals surface area contributed by atoms with Crippen LogP contribution in [0.15, 0.2) is 0 Å². The predicted molar refractivity (Wildman–Crippen MR) is 50.9 cm³/mol. The molecular weight excluding hydrogens is 186 g/mol. The number of carbonyl (C=O) groups excluding carboxylic acids is 1. The highest BCUT2D eigenvalue weighted by Gasteiger charge is 2.14. The molecule has 0 heterocycles. The molecule has 2 N–H and O–H groups in total. The first-order valence-electron chi connectivity index (χ1n) is 4.54. The van der Waals surface area contributed by atoms with Gasteiger partial charge in [-0.3, -0.25) is 4.79 Å². The van der Waals surface area contributed by atoms with Gasteiger partial charge in [-0.15, -0.1) is 0 Å². The van der Waals surface area contributed by atoms with Crippen molar-refractivity contribution in [2.45, 2.75) is 26.9 Å². The summed E-state index contributed by atoms with van der Waals surface area (Å²) < 4.78 is 4.79. The molecule has 5 nitrogen and oxygen atoms in total. The number of carboxylic acids is 1. The fourth-order valence-electron chi connectivity index (χ4n) is 0.720. The first kappa shape index (κ1) is 12.9. The van der Waals surface area contributed by atoms with E-state index in [1.165, 1.54) is 6.92 Å². The van der Waals surface area contributed by atoms with E-state index in [4.69, 9.17) is 9.84 Å². The Balaban J connectivity index is 3.70. The third kappa shape index (κ3) is 6.42. The number of hydrogen-bond donors (Lipinski definition) is 2. The molecule has 0 saturated carbocycles. The second-order valence-corrected chi connectivity index (χ2v) is 3.49. The average Bonchev–Trinajstić information content (AvgIpc) is 2.09. The lowest BCUT2D eigenvalue weighted by molar-refractivity contribution is -0.147. The van der Waals surface area contributed by atoms with Gasteiger partial charge in [0, 0.05) is 6.54 Å². The van der Waals surface area contributed by atoms with Crippen molar-refractivity contribution in [3.8, 4) is 0 Å². The summed E-state index contributed by atoms with van der Waals surface area (Å²) in [6.07, 6.45) is -0.718. The van der Waals surface area contributed by atoms with Gasteiger partial charge in [0.25, 0.3) is 0 Å². The Hall–Kier alpha value is -1.10. The lowest BCUT2D eigenvalue weighted by Gasteiger charge is -2.13. The summed E-state index contributed by atoms with van der Waals surface area (Å²) in [5.41, 5.74) is 0. The first-order chi connectivity index (χ1) is 6.43. The number of hydrogen-bond acceptors (Lipinski definition) is 3. The summed E-state index contributed by atoms with van der Waals surface area (Å²) in [5.74, 6) is -0.987. The van der Waals surface area contributed by atoms with E-state index in [0.29, 0.717) is 12.5 Å². The van der Waals surface area contributed by atoms with E-state index in [0.717, 1.165) is 0 Å². The van der Waals surface area contributed by atoms with E-state index < -0.39 is 18.7 Å². The summed E-state index contributed by atoms with van der Waals surface area (Å²) in [6.45, 7) is 5.60. The molecular formula is C9H17NO4. The van der Waals surface area contributed by atoms with Crippen molar-refractivity contribution in [1.29, 1.82) is 0 Å². The van der Waals surface area contributed by atoms with Crippen LogP contribution in [0.1, 0.15) is 20.8 Å². The lowest BCUT2D eigenvalue weighted by atomic mass is 10.2. The zero-order valence-corrected chi connectivity index (χ0v) is 8.74. The molecule has 0 bridgehead atoms. The van der Waals surface area contributed by atoms with Crippen LogP contribution in [0.4, 0.5) is 0 Å². The third-order valence-electron chi connectivity index (χ3n) is 1.51. The molecule has 0 saturated heterocycles. The Bertz CT molecular complexity index is 203. The van der Waals surface area contributed by atoms with Crippen molar-refractivity contribution in [3.63, 3.8) is 0 Å². The van der Waals surface area contributed by atoms with Crippen molar-refractivity contribution >= 4 is 11.9 Å². The molecule has 0 fully saturated rings. The number of rotatable bonds is 6. The van der Waals surface area contributed by atoms with Crippen LogP contribution >= 0.6 is 0 Å². The van der Waals surface area contributed by atoms with E-state index in [1.54, 1.807) is 0 Å². The lowest BCUT2D eigenvalue weighted by Crippen LogP contribution is -2.37. The molecule has 0 radical (unpaired) electrons. The van der Waals surface area contributed by atoms with Crippen molar-refractivity contribution in [3.05, 3.63) is 0 Å². The van der Waals surface area contributed by atoms with Gasteiger partial charge in [-0.25, -0.2) is 4.79 Å². The highest BCUT2D eigenvalue weighted by atomic mass is 16.5. The van der Waals surface area contributed by atoms with Crippen molar-refractivity contribution in [2.75, 3.05) is 13.2 Å². The molecule has 1 atom stereocenters. The standard InChI is InChI=1S/C9H17NO4/c1-6(2)4-10-9(13)7(3)14-5-8(11)12/h6-7H,4-5H2,1-3H3,(H,10,13)(H,11,12). The van der Waals surface area contributed by atoms with Gasteiger partial charge in [-0.2, -0.15) is 0 Å². The highest BCUT2D eigenvalue weighted by Crippen LogP contribution is 1.93. The van der Waals surface area contributed by atoms with Crippen molar-refractivity contribution in [1.82, 2.24) is 5.32 Å². The number of nitrogens with one attached hydrogen (secondary N) is 1. The maximum absolute atomic E-state index is 11.2.